The van der Waals surface area contributed by atoms with Crippen LogP contribution in [-0.2, 0) is 6.54 Å². The third kappa shape index (κ3) is 2.52. The van der Waals surface area contributed by atoms with Gasteiger partial charge < -0.3 is 22.6 Å². The van der Waals surface area contributed by atoms with Gasteiger partial charge in [0, 0.05) is 6.92 Å². The highest BCUT2D eigenvalue weighted by atomic mass is 35.5. The van der Waals surface area contributed by atoms with Crippen LogP contribution in [0.15, 0.2) is 36.4 Å². The minimum Gasteiger partial charge on any atom is -1.00 e. The fraction of sp³-hybridized carbons (Fsp3) is 0.267. The van der Waals surface area contributed by atoms with Crippen molar-refractivity contribution in [1.29, 1.82) is 0 Å². The van der Waals surface area contributed by atoms with Gasteiger partial charge >= 0.3 is 0 Å². The van der Waals surface area contributed by atoms with Gasteiger partial charge in [0.25, 0.3) is 0 Å². The predicted octanol–water partition coefficient (Wildman–Crippen LogP) is -0.992. The molecule has 0 aliphatic rings. The molecular weight excluding hydrogens is 294 g/mol. The first-order chi connectivity index (χ1) is 9.20. The molecular formula is C15H16ClNO2S. The third-order valence-electron chi connectivity index (χ3n) is 3.38. The van der Waals surface area contributed by atoms with Gasteiger partial charge in [-0.3, -0.25) is 0 Å². The van der Waals surface area contributed by atoms with Crippen molar-refractivity contribution in [2.24, 2.45) is 0 Å². The Kier molecular flexibility index (Phi) is 4.60. The Labute approximate surface area is 127 Å². The number of aliphatic hydroxyl groups excluding tert-OH is 2. The van der Waals surface area contributed by atoms with E-state index >= 15 is 0 Å². The molecule has 2 aromatic carbocycles. The molecule has 0 fully saturated rings. The van der Waals surface area contributed by atoms with Crippen molar-refractivity contribution in [3.8, 4) is 0 Å². The standard InChI is InChI=1S/C15H16NO2S.ClH/c1-10-16(8-12(18)9-17)15-13-5-3-2-4-11(13)6-7-14(15)19-10;/h2-7,12,17-18H,8-9H2,1H3;1H/q+1;/p-1. The average molecular weight is 310 g/mol. The van der Waals surface area contributed by atoms with E-state index in [1.54, 1.807) is 11.3 Å². The highest BCUT2D eigenvalue weighted by Gasteiger charge is 2.22. The number of thiazole rings is 1. The fourth-order valence-corrected chi connectivity index (χ4v) is 3.50. The van der Waals surface area contributed by atoms with E-state index in [2.05, 4.69) is 28.8 Å². The summed E-state index contributed by atoms with van der Waals surface area (Å²) < 4.78 is 3.31. The number of fused-ring (bicyclic) bond motifs is 3. The number of rotatable bonds is 3. The summed E-state index contributed by atoms with van der Waals surface area (Å²) in [6.07, 6.45) is -0.722. The molecule has 3 aromatic rings. The molecule has 0 saturated heterocycles. The molecule has 0 aliphatic carbocycles. The molecule has 0 saturated carbocycles. The average Bonchev–Trinajstić information content (AvgIpc) is 2.75. The molecule has 0 aliphatic heterocycles. The maximum absolute atomic E-state index is 9.72. The summed E-state index contributed by atoms with van der Waals surface area (Å²) in [5, 5.41) is 22.3. The van der Waals surface area contributed by atoms with E-state index in [0.717, 1.165) is 10.5 Å². The van der Waals surface area contributed by atoms with E-state index in [1.165, 1.54) is 15.5 Å². The summed E-state index contributed by atoms with van der Waals surface area (Å²) in [7, 11) is 0. The summed E-state index contributed by atoms with van der Waals surface area (Å²) in [5.74, 6) is 0. The quantitative estimate of drug-likeness (QED) is 0.610. The maximum Gasteiger partial charge on any atom is 0.235 e. The van der Waals surface area contributed by atoms with Gasteiger partial charge in [0.1, 0.15) is 10.8 Å². The van der Waals surface area contributed by atoms with Crippen LogP contribution in [0.4, 0.5) is 0 Å². The van der Waals surface area contributed by atoms with E-state index in [-0.39, 0.29) is 19.0 Å². The second-order valence-electron chi connectivity index (χ2n) is 4.70. The molecule has 1 unspecified atom stereocenters. The first-order valence-corrected chi connectivity index (χ1v) is 7.12. The zero-order chi connectivity index (χ0) is 13.4. The van der Waals surface area contributed by atoms with Gasteiger partial charge in [-0.25, -0.2) is 0 Å². The molecule has 0 amide bonds. The normalized spacial score (nSPS) is 12.6. The van der Waals surface area contributed by atoms with Crippen molar-refractivity contribution < 1.29 is 27.2 Å². The molecule has 1 atom stereocenters. The summed E-state index contributed by atoms with van der Waals surface area (Å²) in [4.78, 5) is 0. The lowest BCUT2D eigenvalue weighted by Gasteiger charge is -2.04. The van der Waals surface area contributed by atoms with Crippen molar-refractivity contribution in [3.05, 3.63) is 41.4 Å². The summed E-state index contributed by atoms with van der Waals surface area (Å²) in [6, 6.07) is 12.5. The molecule has 3 rings (SSSR count). The van der Waals surface area contributed by atoms with Crippen molar-refractivity contribution in [1.82, 2.24) is 0 Å². The van der Waals surface area contributed by atoms with Crippen LogP contribution in [0.3, 0.4) is 0 Å². The monoisotopic (exact) mass is 309 g/mol. The third-order valence-corrected chi connectivity index (χ3v) is 4.44. The number of hydrogen-bond acceptors (Lipinski definition) is 3. The Bertz CT molecular complexity index is 741. The molecule has 20 heavy (non-hydrogen) atoms. The zero-order valence-corrected chi connectivity index (χ0v) is 12.7. The lowest BCUT2D eigenvalue weighted by molar-refractivity contribution is -0.679. The molecule has 1 aromatic heterocycles. The minimum absolute atomic E-state index is 0. The number of hydrogen-bond donors (Lipinski definition) is 2. The largest absolute Gasteiger partial charge is 1.00 e. The Hall–Kier alpha value is -1.20. The van der Waals surface area contributed by atoms with E-state index in [4.69, 9.17) is 5.11 Å². The van der Waals surface area contributed by atoms with E-state index < -0.39 is 6.10 Å². The van der Waals surface area contributed by atoms with E-state index in [9.17, 15) is 5.11 Å². The van der Waals surface area contributed by atoms with E-state index in [1.807, 2.05) is 19.1 Å². The second kappa shape index (κ2) is 6.06. The van der Waals surface area contributed by atoms with Gasteiger partial charge in [0.2, 0.25) is 10.5 Å². The molecule has 0 radical (unpaired) electrons. The van der Waals surface area contributed by atoms with Crippen molar-refractivity contribution in [2.75, 3.05) is 6.61 Å². The lowest BCUT2D eigenvalue weighted by atomic mass is 10.1. The van der Waals surface area contributed by atoms with Crippen LogP contribution in [-0.4, -0.2) is 22.9 Å². The van der Waals surface area contributed by atoms with Crippen molar-refractivity contribution in [3.63, 3.8) is 0 Å². The van der Waals surface area contributed by atoms with Gasteiger partial charge in [-0.05, 0) is 17.5 Å². The number of halogens is 1. The molecule has 106 valence electrons. The van der Waals surface area contributed by atoms with Crippen molar-refractivity contribution >= 4 is 32.3 Å². The predicted molar refractivity (Wildman–Crippen MR) is 77.4 cm³/mol. The maximum atomic E-state index is 9.72. The van der Waals surface area contributed by atoms with Gasteiger partial charge in [-0.15, -0.1) is 0 Å². The van der Waals surface area contributed by atoms with Crippen LogP contribution in [0.5, 0.6) is 0 Å². The Morgan fingerprint density at radius 2 is 1.95 bits per heavy atom. The van der Waals surface area contributed by atoms with Gasteiger partial charge in [-0.2, -0.15) is 4.57 Å². The second-order valence-corrected chi connectivity index (χ2v) is 5.94. The SMILES string of the molecule is Cc1sc2ccc3ccccc3c2[n+]1CC(O)CO.[Cl-]. The van der Waals surface area contributed by atoms with Crippen LogP contribution in [0.2, 0.25) is 0 Å². The zero-order valence-electron chi connectivity index (χ0n) is 11.1. The molecule has 1 heterocycles. The number of nitrogens with zero attached hydrogens (tertiary/aromatic N) is 1. The lowest BCUT2D eigenvalue weighted by Crippen LogP contribution is -3.00. The van der Waals surface area contributed by atoms with Crippen LogP contribution < -0.4 is 17.0 Å². The molecule has 0 spiro atoms. The number of benzene rings is 2. The van der Waals surface area contributed by atoms with Crippen LogP contribution in [0.1, 0.15) is 5.01 Å². The Balaban J connectivity index is 0.00000147. The summed E-state index contributed by atoms with van der Waals surface area (Å²) in [6.45, 7) is 2.26. The molecule has 3 nitrogen and oxygen atoms in total. The van der Waals surface area contributed by atoms with Crippen molar-refractivity contribution in [2.45, 2.75) is 19.6 Å². The number of aryl methyl sites for hydroxylation is 1. The number of aromatic nitrogens is 1. The Morgan fingerprint density at radius 3 is 2.70 bits per heavy atom. The van der Waals surface area contributed by atoms with Crippen LogP contribution >= 0.6 is 11.3 Å². The fourth-order valence-electron chi connectivity index (χ4n) is 2.46. The highest BCUT2D eigenvalue weighted by Crippen LogP contribution is 2.27. The minimum atomic E-state index is -0.722. The Morgan fingerprint density at radius 1 is 1.20 bits per heavy atom. The first-order valence-electron chi connectivity index (χ1n) is 6.30. The van der Waals surface area contributed by atoms with E-state index in [0.29, 0.717) is 6.54 Å². The summed E-state index contributed by atoms with van der Waals surface area (Å²) in [5.41, 5.74) is 1.15. The van der Waals surface area contributed by atoms with Crippen LogP contribution in [0.25, 0.3) is 21.0 Å². The molecule has 0 bridgehead atoms. The van der Waals surface area contributed by atoms with Gasteiger partial charge in [-0.1, -0.05) is 35.6 Å². The van der Waals surface area contributed by atoms with Gasteiger partial charge in [0.05, 0.1) is 12.0 Å². The number of aliphatic hydroxyl groups is 2. The van der Waals surface area contributed by atoms with Crippen LogP contribution in [0, 0.1) is 6.92 Å². The molecule has 5 heteroatoms. The topological polar surface area (TPSA) is 44.3 Å². The summed E-state index contributed by atoms with van der Waals surface area (Å²) >= 11 is 1.72. The molecule has 2 N–H and O–H groups in total. The smallest absolute Gasteiger partial charge is 0.235 e. The first kappa shape index (κ1) is 15.2. The highest BCUT2D eigenvalue weighted by molar-refractivity contribution is 7.18. The van der Waals surface area contributed by atoms with Gasteiger partial charge in [0.15, 0.2) is 6.54 Å².